The Labute approximate surface area is 323 Å². The third kappa shape index (κ3) is 39.8. The Kier molecular flexibility index (Phi) is 106. The standard InChI is InChI=1S/2C5H12N2.6BrH.2Cs.H2O/c2*1-7-4-2-6-3-5-7;;;;;;;;;/h2*6H,2-5H2,1H3;6*1H;;;1H2/q;;;;;;;;2*+1;/p-2. The Morgan fingerprint density at radius 1 is 0.522 bits per heavy atom. The molecule has 0 aromatic heterocycles. The van der Waals surface area contributed by atoms with E-state index in [-0.39, 0.29) is 245 Å². The van der Waals surface area contributed by atoms with Crippen molar-refractivity contribution >= 4 is 0 Å². The summed E-state index contributed by atoms with van der Waals surface area (Å²) in [6.45, 7) is 10.7. The molecule has 0 spiro atoms. The van der Waals surface area contributed by atoms with E-state index in [0.717, 1.165) is 0 Å². The molecule has 140 valence electrons. The molecule has 0 radical (unpaired) electrons. The van der Waals surface area contributed by atoms with Crippen LogP contribution >= 0.6 is 0 Å². The average molecular weight is 968 g/mol. The number of hydrogen-bond donors (Lipinski definition) is 4. The van der Waals surface area contributed by atoms with Crippen molar-refractivity contribution in [2.45, 2.75) is 0 Å². The SMILES string of the molecule is C[NH+]1CC[NH2+]CC1.C[NH+]1CC[NH2+]CC1.O.[Br-].[Br-].[Br-].[Br-].[Br-].[Br-].[Cs+].[Cs+]. The molecule has 2 aliphatic heterocycles. The van der Waals surface area contributed by atoms with Gasteiger partial charge in [0.05, 0.1) is 14.1 Å². The Morgan fingerprint density at radius 3 is 0.783 bits per heavy atom. The number of piperazine rings is 2. The first kappa shape index (κ1) is 57.1. The largest absolute Gasteiger partial charge is 1.00 e. The van der Waals surface area contributed by atoms with E-state index in [9.17, 15) is 0 Å². The zero-order valence-electron chi connectivity index (χ0n) is 14.6. The van der Waals surface area contributed by atoms with Gasteiger partial charge >= 0.3 is 138 Å². The molecule has 0 unspecified atom stereocenters. The molecule has 2 fully saturated rings. The van der Waals surface area contributed by atoms with E-state index in [2.05, 4.69) is 24.7 Å². The van der Waals surface area contributed by atoms with Gasteiger partial charge in [-0.25, -0.2) is 0 Å². The van der Waals surface area contributed by atoms with E-state index in [1.165, 1.54) is 52.4 Å². The van der Waals surface area contributed by atoms with Crippen molar-refractivity contribution in [2.24, 2.45) is 0 Å². The number of hydrogen-bond acceptors (Lipinski definition) is 0. The smallest absolute Gasteiger partial charge is 1.00 e. The van der Waals surface area contributed by atoms with Crippen LogP contribution in [0.3, 0.4) is 0 Å². The zero-order chi connectivity index (χ0) is 10.2. The van der Waals surface area contributed by atoms with Crippen molar-refractivity contribution in [3.63, 3.8) is 0 Å². The summed E-state index contributed by atoms with van der Waals surface area (Å²) in [5.74, 6) is 0. The van der Waals surface area contributed by atoms with Crippen LogP contribution in [0.5, 0.6) is 0 Å². The predicted octanol–water partition coefficient (Wildman–Crippen LogP) is -30.6. The Morgan fingerprint density at radius 2 is 0.696 bits per heavy atom. The summed E-state index contributed by atoms with van der Waals surface area (Å²) in [5.41, 5.74) is 0. The maximum Gasteiger partial charge on any atom is 1.00 e. The third-order valence-corrected chi connectivity index (χ3v) is 3.10. The molecular formula is C10H30Br6Cs2N4O. The molecule has 0 saturated carbocycles. The minimum atomic E-state index is 0. The van der Waals surface area contributed by atoms with Crippen LogP contribution in [0.15, 0.2) is 0 Å². The number of nitrogens with one attached hydrogen (secondary N) is 2. The quantitative estimate of drug-likeness (QED) is 0.187. The summed E-state index contributed by atoms with van der Waals surface area (Å²) in [7, 11) is 4.51. The second-order valence-corrected chi connectivity index (χ2v) is 4.65. The maximum absolute atomic E-state index is 2.38. The van der Waals surface area contributed by atoms with E-state index < -0.39 is 0 Å². The molecule has 2 aliphatic rings. The number of likely N-dealkylation sites (N-methyl/N-ethyl adjacent to an activating group) is 2. The predicted molar refractivity (Wildman–Crippen MR) is 60.2 cm³/mol. The molecule has 5 nitrogen and oxygen atoms in total. The fraction of sp³-hybridized carbons (Fsp3) is 1.00. The molecule has 2 rings (SSSR count). The average Bonchev–Trinajstić information content (AvgIpc) is 2.21. The van der Waals surface area contributed by atoms with Crippen molar-refractivity contribution in [3.8, 4) is 0 Å². The fourth-order valence-electron chi connectivity index (χ4n) is 1.93. The van der Waals surface area contributed by atoms with Crippen LogP contribution < -0.4 is 260 Å². The maximum atomic E-state index is 2.38. The first-order valence-corrected chi connectivity index (χ1v) is 6.05. The molecule has 0 aromatic carbocycles. The first-order chi connectivity index (χ1) is 6.79. The van der Waals surface area contributed by atoms with Gasteiger partial charge in [-0.05, 0) is 0 Å². The van der Waals surface area contributed by atoms with E-state index in [1.807, 2.05) is 0 Å². The molecule has 13 heteroatoms. The zero-order valence-corrected chi connectivity index (χ0v) is 36.7. The molecular weight excluding hydrogens is 937 g/mol. The van der Waals surface area contributed by atoms with E-state index in [1.54, 1.807) is 9.80 Å². The molecule has 2 heterocycles. The summed E-state index contributed by atoms with van der Waals surface area (Å²) in [4.78, 5) is 3.37. The van der Waals surface area contributed by atoms with Gasteiger partial charge in [-0.2, -0.15) is 0 Å². The van der Waals surface area contributed by atoms with E-state index >= 15 is 0 Å². The van der Waals surface area contributed by atoms with Crippen LogP contribution in [0.25, 0.3) is 0 Å². The van der Waals surface area contributed by atoms with Crippen LogP contribution in [-0.4, -0.2) is 71.9 Å². The molecule has 0 amide bonds. The molecule has 0 bridgehead atoms. The fourth-order valence-corrected chi connectivity index (χ4v) is 1.93. The molecule has 23 heavy (non-hydrogen) atoms. The Bertz CT molecular complexity index is 145. The Hall–Kier alpha value is 6.78. The van der Waals surface area contributed by atoms with Crippen LogP contribution in [-0.2, 0) is 0 Å². The van der Waals surface area contributed by atoms with Gasteiger partial charge in [0.25, 0.3) is 0 Å². The van der Waals surface area contributed by atoms with E-state index in [0.29, 0.717) is 0 Å². The number of quaternary nitrogens is 4. The number of nitrogens with two attached hydrogens (primary N) is 2. The van der Waals surface area contributed by atoms with Crippen LogP contribution in [0.1, 0.15) is 0 Å². The topological polar surface area (TPSA) is 73.6 Å². The second kappa shape index (κ2) is 42.8. The van der Waals surface area contributed by atoms with Gasteiger partial charge in [0.1, 0.15) is 52.4 Å². The minimum absolute atomic E-state index is 0. The van der Waals surface area contributed by atoms with E-state index in [4.69, 9.17) is 0 Å². The van der Waals surface area contributed by atoms with Crippen LogP contribution in [0.2, 0.25) is 0 Å². The van der Waals surface area contributed by atoms with Crippen molar-refractivity contribution in [1.29, 1.82) is 0 Å². The van der Waals surface area contributed by atoms with Crippen LogP contribution in [0, 0.1) is 0 Å². The molecule has 8 N–H and O–H groups in total. The minimum Gasteiger partial charge on any atom is -1.00 e. The van der Waals surface area contributed by atoms with Gasteiger partial charge in [0.2, 0.25) is 0 Å². The van der Waals surface area contributed by atoms with Crippen LogP contribution in [0.4, 0.5) is 0 Å². The monoisotopic (exact) mass is 962 g/mol. The Balaban J connectivity index is -0.0000000175. The summed E-state index contributed by atoms with van der Waals surface area (Å²) in [6.07, 6.45) is 0. The van der Waals surface area contributed by atoms with Crippen molar-refractivity contribution in [2.75, 3.05) is 66.5 Å². The molecule has 0 aliphatic carbocycles. The van der Waals surface area contributed by atoms with Gasteiger partial charge in [0, 0.05) is 0 Å². The van der Waals surface area contributed by atoms with Crippen molar-refractivity contribution in [1.82, 2.24) is 0 Å². The van der Waals surface area contributed by atoms with Crippen molar-refractivity contribution in [3.05, 3.63) is 0 Å². The van der Waals surface area contributed by atoms with Gasteiger partial charge in [-0.3, -0.25) is 0 Å². The second-order valence-electron chi connectivity index (χ2n) is 4.65. The normalized spacial score (nSPS) is 15.4. The number of rotatable bonds is 0. The molecule has 0 aromatic rings. The molecule has 2 saturated heterocycles. The van der Waals surface area contributed by atoms with Gasteiger partial charge in [-0.1, -0.05) is 0 Å². The summed E-state index contributed by atoms with van der Waals surface area (Å²) in [6, 6.07) is 0. The van der Waals surface area contributed by atoms with Gasteiger partial charge in [-0.15, -0.1) is 0 Å². The number of halogens is 6. The summed E-state index contributed by atoms with van der Waals surface area (Å²) in [5, 5.41) is 4.76. The summed E-state index contributed by atoms with van der Waals surface area (Å²) < 4.78 is 0. The van der Waals surface area contributed by atoms with Crippen molar-refractivity contribution < 1.29 is 266 Å². The first-order valence-electron chi connectivity index (χ1n) is 6.05. The summed E-state index contributed by atoms with van der Waals surface area (Å²) >= 11 is 0. The molecule has 0 atom stereocenters. The van der Waals surface area contributed by atoms with Gasteiger partial charge in [0.15, 0.2) is 0 Å². The van der Waals surface area contributed by atoms with Gasteiger partial charge < -0.3 is 128 Å². The third-order valence-electron chi connectivity index (χ3n) is 3.10.